The molecule has 1 aliphatic heterocycles. The van der Waals surface area contributed by atoms with Crippen LogP contribution in [0.15, 0.2) is 24.4 Å². The summed E-state index contributed by atoms with van der Waals surface area (Å²) in [5.74, 6) is 0. The molecule has 6 nitrogen and oxygen atoms in total. The number of hydrogen-bond acceptors (Lipinski definition) is 5. The number of sulfonamides is 1. The fourth-order valence-corrected chi connectivity index (χ4v) is 3.78. The molecule has 7 heteroatoms. The lowest BCUT2D eigenvalue weighted by atomic mass is 10.2. The first kappa shape index (κ1) is 14.0. The molecule has 2 heterocycles. The summed E-state index contributed by atoms with van der Waals surface area (Å²) in [6.07, 6.45) is 4.15. The van der Waals surface area contributed by atoms with Crippen molar-refractivity contribution in [3.8, 4) is 0 Å². The minimum absolute atomic E-state index is 0.154. The number of carbonyl (C=O) groups excluding carboxylic acids is 1. The van der Waals surface area contributed by atoms with Crippen LogP contribution in [0.3, 0.4) is 0 Å². The molecule has 2 rings (SSSR count). The zero-order valence-electron chi connectivity index (χ0n) is 10.4. The fourth-order valence-electron chi connectivity index (χ4n) is 2.11. The lowest BCUT2D eigenvalue weighted by molar-refractivity contribution is -0.130. The number of ether oxygens (including phenoxy) is 1. The predicted molar refractivity (Wildman–Crippen MR) is 68.5 cm³/mol. The number of hydrogen-bond donors (Lipinski definition) is 0. The Morgan fingerprint density at radius 1 is 1.26 bits per heavy atom. The molecule has 0 bridgehead atoms. The maximum atomic E-state index is 12.5. The normalized spacial score (nSPS) is 18.7. The molecule has 0 saturated carbocycles. The van der Waals surface area contributed by atoms with Crippen molar-refractivity contribution in [3.63, 3.8) is 0 Å². The van der Waals surface area contributed by atoms with Crippen molar-refractivity contribution in [2.75, 3.05) is 13.1 Å². The van der Waals surface area contributed by atoms with Crippen LogP contribution < -0.4 is 0 Å². The average Bonchev–Trinajstić information content (AvgIpc) is 2.46. The van der Waals surface area contributed by atoms with Gasteiger partial charge in [0, 0.05) is 19.3 Å². The highest BCUT2D eigenvalue weighted by Gasteiger charge is 2.36. The second-order valence-electron chi connectivity index (χ2n) is 4.32. The average molecular weight is 284 g/mol. The second kappa shape index (κ2) is 6.12. The second-order valence-corrected chi connectivity index (χ2v) is 6.30. The first-order valence-corrected chi connectivity index (χ1v) is 7.65. The van der Waals surface area contributed by atoms with Gasteiger partial charge >= 0.3 is 0 Å². The molecule has 1 aliphatic rings. The van der Waals surface area contributed by atoms with Crippen molar-refractivity contribution in [1.29, 1.82) is 0 Å². The van der Waals surface area contributed by atoms with E-state index in [0.29, 0.717) is 13.1 Å². The highest BCUT2D eigenvalue weighted by atomic mass is 32.2. The Morgan fingerprint density at radius 2 is 2.00 bits per heavy atom. The van der Waals surface area contributed by atoms with Gasteiger partial charge in [-0.3, -0.25) is 9.78 Å². The summed E-state index contributed by atoms with van der Waals surface area (Å²) in [5, 5.41) is 0. The summed E-state index contributed by atoms with van der Waals surface area (Å²) in [5.41, 5.74) is -1.13. The molecular formula is C12H16N2O4S. The van der Waals surface area contributed by atoms with Crippen LogP contribution in [-0.2, 0) is 19.6 Å². The molecule has 1 unspecified atom stereocenters. The Kier molecular flexibility index (Phi) is 4.49. The molecule has 1 fully saturated rings. The number of nitrogens with zero attached hydrogens (tertiary/aromatic N) is 2. The highest BCUT2D eigenvalue weighted by Crippen LogP contribution is 2.27. The van der Waals surface area contributed by atoms with Crippen LogP contribution in [0.5, 0.6) is 0 Å². The summed E-state index contributed by atoms with van der Waals surface area (Å²) in [7, 11) is -3.72. The number of carbonyl (C=O) groups is 1. The number of aromatic nitrogens is 1. The van der Waals surface area contributed by atoms with Crippen molar-refractivity contribution < 1.29 is 17.9 Å². The fraction of sp³-hybridized carbons (Fsp3) is 0.500. The van der Waals surface area contributed by atoms with E-state index in [1.165, 1.54) is 16.6 Å². The van der Waals surface area contributed by atoms with Crippen molar-refractivity contribution >= 4 is 16.5 Å². The quantitative estimate of drug-likeness (QED) is 0.756. The van der Waals surface area contributed by atoms with Gasteiger partial charge in [-0.2, -0.15) is 4.31 Å². The Labute approximate surface area is 112 Å². The lowest BCUT2D eigenvalue weighted by Gasteiger charge is -2.28. The van der Waals surface area contributed by atoms with E-state index < -0.39 is 15.5 Å². The molecule has 1 aromatic heterocycles. The summed E-state index contributed by atoms with van der Waals surface area (Å²) in [4.78, 5) is 14.6. The Balaban J connectivity index is 2.29. The van der Waals surface area contributed by atoms with E-state index in [-0.39, 0.29) is 12.2 Å². The minimum Gasteiger partial charge on any atom is -0.440 e. The van der Waals surface area contributed by atoms with Crippen molar-refractivity contribution in [2.24, 2.45) is 0 Å². The van der Waals surface area contributed by atoms with E-state index in [9.17, 15) is 13.2 Å². The number of pyridine rings is 1. The van der Waals surface area contributed by atoms with Gasteiger partial charge in [0.1, 0.15) is 0 Å². The van der Waals surface area contributed by atoms with Gasteiger partial charge in [0.25, 0.3) is 21.9 Å². The van der Waals surface area contributed by atoms with Crippen molar-refractivity contribution in [3.05, 3.63) is 30.1 Å². The molecule has 0 spiro atoms. The molecule has 104 valence electrons. The van der Waals surface area contributed by atoms with E-state index in [2.05, 4.69) is 4.98 Å². The van der Waals surface area contributed by atoms with Crippen molar-refractivity contribution in [1.82, 2.24) is 9.29 Å². The van der Waals surface area contributed by atoms with Crippen LogP contribution in [0.1, 0.15) is 30.4 Å². The molecule has 1 aromatic rings. The molecular weight excluding hydrogens is 268 g/mol. The molecule has 19 heavy (non-hydrogen) atoms. The maximum Gasteiger partial charge on any atom is 0.294 e. The largest absolute Gasteiger partial charge is 0.440 e. The van der Waals surface area contributed by atoms with Gasteiger partial charge in [-0.15, -0.1) is 0 Å². The van der Waals surface area contributed by atoms with Crippen LogP contribution in [0.4, 0.5) is 0 Å². The van der Waals surface area contributed by atoms with Gasteiger partial charge in [-0.1, -0.05) is 12.5 Å². The zero-order chi connectivity index (χ0) is 13.7. The molecule has 0 N–H and O–H groups in total. The maximum absolute atomic E-state index is 12.5. The van der Waals surface area contributed by atoms with Gasteiger partial charge in [-0.05, 0) is 25.0 Å². The SMILES string of the molecule is O=COC(c1ccccn1)S(=O)(=O)N1CCCCC1. The zero-order valence-corrected chi connectivity index (χ0v) is 11.3. The molecule has 0 amide bonds. The third-order valence-corrected chi connectivity index (χ3v) is 5.03. The van der Waals surface area contributed by atoms with E-state index in [1.54, 1.807) is 12.1 Å². The van der Waals surface area contributed by atoms with Crippen LogP contribution >= 0.6 is 0 Å². The van der Waals surface area contributed by atoms with Gasteiger partial charge in [0.05, 0.1) is 5.69 Å². The lowest BCUT2D eigenvalue weighted by Crippen LogP contribution is -2.39. The standard InChI is InChI=1S/C12H16N2O4S/c15-10-18-12(11-6-2-3-7-13-11)19(16,17)14-8-4-1-5-9-14/h2-3,6-7,10,12H,1,4-5,8-9H2. The molecule has 0 aliphatic carbocycles. The van der Waals surface area contributed by atoms with Gasteiger partial charge < -0.3 is 4.74 Å². The summed E-state index contributed by atoms with van der Waals surface area (Å²) in [6.45, 7) is 1.09. The van der Waals surface area contributed by atoms with Crippen LogP contribution in [0.2, 0.25) is 0 Å². The summed E-state index contributed by atoms with van der Waals surface area (Å²) in [6, 6.07) is 4.87. The number of rotatable bonds is 5. The Bertz CT molecular complexity index is 512. The topological polar surface area (TPSA) is 76.6 Å². The van der Waals surface area contributed by atoms with Crippen LogP contribution in [0.25, 0.3) is 0 Å². The van der Waals surface area contributed by atoms with Gasteiger partial charge in [0.2, 0.25) is 0 Å². The first-order chi connectivity index (χ1) is 9.16. The summed E-state index contributed by atoms with van der Waals surface area (Å²) >= 11 is 0. The van der Waals surface area contributed by atoms with Crippen LogP contribution in [-0.4, -0.2) is 37.3 Å². The van der Waals surface area contributed by atoms with Crippen LogP contribution in [0, 0.1) is 0 Å². The van der Waals surface area contributed by atoms with E-state index in [0.717, 1.165) is 19.3 Å². The smallest absolute Gasteiger partial charge is 0.294 e. The Morgan fingerprint density at radius 3 is 2.58 bits per heavy atom. The Hall–Kier alpha value is -1.47. The van der Waals surface area contributed by atoms with E-state index in [1.807, 2.05) is 0 Å². The third kappa shape index (κ3) is 3.10. The number of piperidine rings is 1. The summed E-state index contributed by atoms with van der Waals surface area (Å²) < 4.78 is 31.1. The molecule has 1 saturated heterocycles. The first-order valence-electron chi connectivity index (χ1n) is 6.15. The third-order valence-electron chi connectivity index (χ3n) is 3.05. The van der Waals surface area contributed by atoms with E-state index in [4.69, 9.17) is 4.74 Å². The van der Waals surface area contributed by atoms with E-state index >= 15 is 0 Å². The highest BCUT2D eigenvalue weighted by molar-refractivity contribution is 7.89. The predicted octanol–water partition coefficient (Wildman–Crippen LogP) is 1.07. The monoisotopic (exact) mass is 284 g/mol. The molecule has 0 aromatic carbocycles. The van der Waals surface area contributed by atoms with Crippen molar-refractivity contribution in [2.45, 2.75) is 24.7 Å². The van der Waals surface area contributed by atoms with Gasteiger partial charge in [-0.25, -0.2) is 8.42 Å². The molecule has 1 atom stereocenters. The van der Waals surface area contributed by atoms with Gasteiger partial charge in [0.15, 0.2) is 0 Å². The minimum atomic E-state index is -3.72. The molecule has 0 radical (unpaired) electrons.